The predicted molar refractivity (Wildman–Crippen MR) is 291 cm³/mol. The summed E-state index contributed by atoms with van der Waals surface area (Å²) < 4.78 is 66.6. The zero-order valence-corrected chi connectivity index (χ0v) is 45.4. The number of nitrogens with two attached hydrogens (primary N) is 1. The van der Waals surface area contributed by atoms with Gasteiger partial charge in [-0.05, 0) is 80.9 Å². The van der Waals surface area contributed by atoms with E-state index < -0.39 is 44.5 Å². The first-order valence-corrected chi connectivity index (χ1v) is 31.3. The van der Waals surface area contributed by atoms with Gasteiger partial charge in [0.1, 0.15) is 52.2 Å². The van der Waals surface area contributed by atoms with E-state index in [0.29, 0.717) is 55.5 Å². The molecule has 5 aromatic rings. The van der Waals surface area contributed by atoms with Crippen LogP contribution < -0.4 is 41.2 Å². The van der Waals surface area contributed by atoms with Crippen LogP contribution in [0.25, 0.3) is 16.7 Å². The number of thioether (sulfide) groups is 1. The minimum atomic E-state index is -3.92. The van der Waals surface area contributed by atoms with E-state index in [9.17, 15) is 23.4 Å². The second kappa shape index (κ2) is 23.5. The molecule has 3 aromatic carbocycles. The number of nitrogens with one attached hydrogen (secondary N) is 2. The predicted octanol–water partition coefficient (Wildman–Crippen LogP) is 3.20. The van der Waals surface area contributed by atoms with Gasteiger partial charge in [0.25, 0.3) is 0 Å². The maximum atomic E-state index is 12.0. The number of aliphatic hydroxyl groups is 2. The molecule has 0 radical (unpaired) electrons. The Labute approximate surface area is 442 Å². The molecule has 1 saturated heterocycles. The van der Waals surface area contributed by atoms with Crippen LogP contribution in [0.15, 0.2) is 48.8 Å². The Bertz CT molecular complexity index is 3270. The zero-order chi connectivity index (χ0) is 53.0. The van der Waals surface area contributed by atoms with E-state index in [0.717, 1.165) is 37.2 Å². The first-order chi connectivity index (χ1) is 36.0. The Morgan fingerprint density at radius 3 is 2.35 bits per heavy atom. The number of unbranched alkanes of at least 4 members (excludes halogenated alkanes) is 3. The fourth-order valence-corrected chi connectivity index (χ4v) is 12.7. The number of hydrogen-bond acceptors (Lipinski definition) is 17. The molecule has 6 aliphatic heterocycles. The number of fused-ring (bicyclic) bond motifs is 5. The summed E-state index contributed by atoms with van der Waals surface area (Å²) in [6.45, 7) is 5.48. The monoisotopic (exact) mass is 1090 g/mol. The molecule has 0 spiro atoms. The largest absolute Gasteiger partial charge is 0.748 e. The Kier molecular flexibility index (Phi) is 17.0. The number of ether oxygens (including phenoxy) is 2. The number of anilines is 3. The van der Waals surface area contributed by atoms with E-state index in [2.05, 4.69) is 77.5 Å². The van der Waals surface area contributed by atoms with E-state index in [1.807, 2.05) is 6.26 Å². The lowest BCUT2D eigenvalue weighted by Crippen LogP contribution is -2.45. The van der Waals surface area contributed by atoms with Crippen molar-refractivity contribution in [2.45, 2.75) is 108 Å². The van der Waals surface area contributed by atoms with Crippen LogP contribution in [0, 0.1) is 0 Å². The van der Waals surface area contributed by atoms with Gasteiger partial charge < -0.3 is 45.5 Å². The summed E-state index contributed by atoms with van der Waals surface area (Å²) >= 11 is 1.51. The van der Waals surface area contributed by atoms with Crippen molar-refractivity contribution in [3.8, 4) is 11.5 Å². The van der Waals surface area contributed by atoms with E-state index >= 15 is 0 Å². The summed E-state index contributed by atoms with van der Waals surface area (Å²) in [4.78, 5) is 27.5. The van der Waals surface area contributed by atoms with Crippen LogP contribution in [0.1, 0.15) is 97.4 Å². The van der Waals surface area contributed by atoms with Crippen LogP contribution in [-0.4, -0.2) is 145 Å². The van der Waals surface area contributed by atoms with Gasteiger partial charge in [0.2, 0.25) is 17.2 Å². The number of carbonyl (C=O) groups excluding carboxylic acids is 1. The zero-order valence-electron chi connectivity index (χ0n) is 42.9. The molecule has 0 bridgehead atoms. The van der Waals surface area contributed by atoms with Gasteiger partial charge >= 0.3 is 0 Å². The number of benzene rings is 3. The molecule has 404 valence electrons. The molecule has 6 N–H and O–H groups in total. The fourth-order valence-electron chi connectivity index (χ4n) is 11.4. The van der Waals surface area contributed by atoms with Gasteiger partial charge in [0.05, 0.1) is 28.1 Å². The van der Waals surface area contributed by atoms with Gasteiger partial charge in [0.15, 0.2) is 17.7 Å². The molecular weight excluding hydrogens is 1020 g/mol. The maximum Gasteiger partial charge on any atom is 0.226 e. The summed E-state index contributed by atoms with van der Waals surface area (Å²) in [5.41, 5.74) is 18.3. The van der Waals surface area contributed by atoms with Crippen LogP contribution in [0.5, 0.6) is 11.5 Å². The number of aromatic nitrogens is 4. The standard InChI is InChI=1S/C31H31N2O.C21H35N7O6S2.CH4O3S/c1-2-8-20(9-3-1)27-25-18-21-10-4-14-32-16-6-12-23(28(21)32)30(25)34-31-24-13-7-17-33-15-5-11-22(29(24)33)19-26(27)31;1-35-11-13-16(30)17(31)20(34-13)28-12-25-15-18(22)26-21(27-19(15)28)24-9-8-23-14(29)7-5-3-4-6-10-36(2,32)33;1-5(2,3)4/h1-3,8-9,18-19H,4-7,10-17H2;12-13,16-17,20,30-31H,3-11H2,1-2H3,(H,23,29)(H3,22,24,26,27);1H3,(H,2,3,4)/q+1;;/p-1/t;13-,16-,17-,20-;/m.1./s1. The fraction of sp³-hybridized carbons (Fsp3) is 0.528. The third-order valence-corrected chi connectivity index (χ3v) is 16.2. The third kappa shape index (κ3) is 12.6. The number of rotatable bonds is 15. The van der Waals surface area contributed by atoms with Gasteiger partial charge in [-0.3, -0.25) is 9.36 Å². The number of hydrogen-bond donors (Lipinski definition) is 5. The van der Waals surface area contributed by atoms with Gasteiger partial charge in [-0.15, -0.1) is 0 Å². The van der Waals surface area contributed by atoms with E-state index in [1.165, 1.54) is 149 Å². The lowest BCUT2D eigenvalue weighted by molar-refractivity contribution is -0.121. The Morgan fingerprint density at radius 1 is 0.893 bits per heavy atom. The van der Waals surface area contributed by atoms with Crippen LogP contribution in [0.3, 0.4) is 0 Å². The van der Waals surface area contributed by atoms with Crippen molar-refractivity contribution in [3.05, 3.63) is 92.7 Å². The molecule has 1 fully saturated rings. The normalized spacial score (nSPS) is 20.3. The van der Waals surface area contributed by atoms with Crippen molar-refractivity contribution in [1.29, 1.82) is 0 Å². The van der Waals surface area contributed by atoms with Crippen LogP contribution >= 0.6 is 11.8 Å². The van der Waals surface area contributed by atoms with Gasteiger partial charge in [0, 0.05) is 103 Å². The highest BCUT2D eigenvalue weighted by atomic mass is 32.2. The minimum Gasteiger partial charge on any atom is -0.748 e. The van der Waals surface area contributed by atoms with E-state index in [1.54, 1.807) is 0 Å². The molecule has 0 aliphatic carbocycles. The second-order valence-electron chi connectivity index (χ2n) is 20.2. The molecule has 11 rings (SSSR count). The van der Waals surface area contributed by atoms with Crippen molar-refractivity contribution in [1.82, 2.24) is 29.4 Å². The highest BCUT2D eigenvalue weighted by molar-refractivity contribution is 7.98. The number of imidazole rings is 1. The molecule has 0 unspecified atom stereocenters. The lowest BCUT2D eigenvalue weighted by Gasteiger charge is -2.39. The quantitative estimate of drug-likeness (QED) is 0.0562. The van der Waals surface area contributed by atoms with Gasteiger partial charge in [-0.2, -0.15) is 21.7 Å². The Balaban J connectivity index is 0.000000169. The molecule has 19 nitrogen and oxygen atoms in total. The summed E-state index contributed by atoms with van der Waals surface area (Å²) in [6, 6.07) is 16.1. The molecule has 75 heavy (non-hydrogen) atoms. The molecule has 22 heteroatoms. The van der Waals surface area contributed by atoms with Crippen molar-refractivity contribution >= 4 is 71.8 Å². The van der Waals surface area contributed by atoms with Crippen LogP contribution in [0.2, 0.25) is 0 Å². The second-order valence-corrected chi connectivity index (χ2v) is 24.8. The summed E-state index contributed by atoms with van der Waals surface area (Å²) in [7, 11) is -6.85. The van der Waals surface area contributed by atoms with Crippen molar-refractivity contribution in [3.63, 3.8) is 0 Å². The summed E-state index contributed by atoms with van der Waals surface area (Å²) in [6.07, 6.45) is 14.5. The Hall–Kier alpha value is -5.36. The van der Waals surface area contributed by atoms with E-state index in [-0.39, 0.29) is 23.4 Å². The smallest absolute Gasteiger partial charge is 0.226 e. The average Bonchev–Trinajstić information content (AvgIpc) is 3.94. The topological polar surface area (TPSA) is 267 Å². The van der Waals surface area contributed by atoms with Crippen LogP contribution in [-0.2, 0) is 55.2 Å². The first kappa shape index (κ1) is 54.4. The number of nitrogen functional groups attached to an aromatic ring is 1. The van der Waals surface area contributed by atoms with Crippen molar-refractivity contribution in [2.75, 3.05) is 85.5 Å². The Morgan fingerprint density at radius 2 is 1.60 bits per heavy atom. The van der Waals surface area contributed by atoms with Gasteiger partial charge in [-0.1, -0.05) is 43.2 Å². The van der Waals surface area contributed by atoms with Gasteiger partial charge in [-0.25, -0.2) is 26.4 Å². The molecule has 0 saturated carbocycles. The lowest BCUT2D eigenvalue weighted by atomic mass is 9.83. The number of carbonyl (C=O) groups is 1. The summed E-state index contributed by atoms with van der Waals surface area (Å²) in [5, 5.41) is 29.5. The SMILES string of the molecule is CS(=O)(=O)[O-].CSC[C@H]1O[C@@H](n2cnc3c(N)nc(NCCNC(=O)CCCCCCS(C)(=O)=O)nc32)[C@H](O)[C@@H]1O.c1ccc(C2=c3cc4c5c(c3Oc3c2cc2c6c3CCCN6CCC2)CCC[N+]=5CCC4)cc1. The number of amides is 1. The first-order valence-electron chi connectivity index (χ1n) is 26.1. The highest BCUT2D eigenvalue weighted by Crippen LogP contribution is 2.48. The van der Waals surface area contributed by atoms with Crippen LogP contribution in [0.4, 0.5) is 17.5 Å². The maximum absolute atomic E-state index is 12.0. The molecule has 6 aliphatic rings. The molecule has 4 atom stereocenters. The average molecular weight is 1090 g/mol. The van der Waals surface area contributed by atoms with Crippen molar-refractivity contribution < 1.29 is 45.9 Å². The molecule has 1 amide bonds. The number of nitrogens with zero attached hydrogens (tertiary/aromatic N) is 6. The van der Waals surface area contributed by atoms with Crippen molar-refractivity contribution in [2.24, 2.45) is 0 Å². The summed E-state index contributed by atoms with van der Waals surface area (Å²) in [5.74, 6) is 3.31. The molecular formula is C53H69N9O10S3. The third-order valence-electron chi connectivity index (χ3n) is 14.5. The number of aryl methyl sites for hydroxylation is 2. The highest BCUT2D eigenvalue weighted by Gasteiger charge is 2.44. The number of aliphatic hydroxyl groups excluding tert-OH is 2. The molecule has 2 aromatic heterocycles. The molecule has 8 heterocycles. The number of sulfone groups is 1. The van der Waals surface area contributed by atoms with E-state index in [4.69, 9.17) is 28.2 Å². The minimum absolute atomic E-state index is 0.0837.